The maximum atomic E-state index is 14.2. The third-order valence-corrected chi connectivity index (χ3v) is 7.92. The maximum absolute atomic E-state index is 14.2. The molecule has 0 unspecified atom stereocenters. The van der Waals surface area contributed by atoms with Crippen molar-refractivity contribution in [2.45, 2.75) is 50.6 Å². The summed E-state index contributed by atoms with van der Waals surface area (Å²) in [5.74, 6) is -1.97. The van der Waals surface area contributed by atoms with Crippen molar-refractivity contribution < 1.29 is 27.6 Å². The van der Waals surface area contributed by atoms with Crippen LogP contribution in [0.5, 0.6) is 0 Å². The highest BCUT2D eigenvalue weighted by molar-refractivity contribution is 5.94. The van der Waals surface area contributed by atoms with Crippen molar-refractivity contribution in [1.29, 1.82) is 0 Å². The number of hydrogen-bond donors (Lipinski definition) is 1. The van der Waals surface area contributed by atoms with E-state index in [2.05, 4.69) is 15.4 Å². The lowest BCUT2D eigenvalue weighted by molar-refractivity contribution is -0.140. The number of benzene rings is 1. The average molecular weight is 517 g/mol. The number of likely N-dealkylation sites (tertiary alicyclic amines) is 1. The van der Waals surface area contributed by atoms with Gasteiger partial charge in [0.25, 0.3) is 5.91 Å². The molecule has 200 valence electrons. The van der Waals surface area contributed by atoms with Gasteiger partial charge in [-0.1, -0.05) is 24.4 Å². The van der Waals surface area contributed by atoms with Gasteiger partial charge in [0.2, 0.25) is 5.91 Å². The predicted octanol–water partition coefficient (Wildman–Crippen LogP) is 3.48. The number of ether oxygens (including phenoxy) is 1. The van der Waals surface area contributed by atoms with E-state index in [0.29, 0.717) is 44.7 Å². The zero-order valence-electron chi connectivity index (χ0n) is 21.1. The van der Waals surface area contributed by atoms with E-state index in [0.717, 1.165) is 31.5 Å². The van der Waals surface area contributed by atoms with E-state index in [1.54, 1.807) is 4.90 Å². The van der Waals surface area contributed by atoms with E-state index in [1.807, 2.05) is 7.05 Å². The van der Waals surface area contributed by atoms with Crippen molar-refractivity contribution >= 4 is 11.8 Å². The Kier molecular flexibility index (Phi) is 7.85. The largest absolute Gasteiger partial charge is 0.381 e. The highest BCUT2D eigenvalue weighted by Crippen LogP contribution is 2.29. The molecule has 1 saturated carbocycles. The number of nitrogens with zero attached hydrogens (tertiary/aromatic N) is 3. The van der Waals surface area contributed by atoms with Crippen molar-refractivity contribution in [2.75, 3.05) is 39.9 Å². The second-order valence-corrected chi connectivity index (χ2v) is 10.6. The van der Waals surface area contributed by atoms with E-state index in [4.69, 9.17) is 9.26 Å². The zero-order valence-corrected chi connectivity index (χ0v) is 21.1. The SMILES string of the molecule is CN(CC1COC1)C(=O)[C@@H]1CN(C2CCCCC2)CC[C@H]1NC(=O)c1cc(-c2ccc(F)cc2F)on1. The Morgan fingerprint density at radius 2 is 1.92 bits per heavy atom. The molecule has 1 aromatic carbocycles. The van der Waals surface area contributed by atoms with Gasteiger partial charge in [0, 0.05) is 56.8 Å². The highest BCUT2D eigenvalue weighted by Gasteiger charge is 2.40. The Hall–Kier alpha value is -2.85. The van der Waals surface area contributed by atoms with Gasteiger partial charge in [-0.3, -0.25) is 14.5 Å². The highest BCUT2D eigenvalue weighted by atomic mass is 19.1. The summed E-state index contributed by atoms with van der Waals surface area (Å²) < 4.78 is 37.9. The number of carbonyl (C=O) groups excluding carboxylic acids is 2. The third kappa shape index (κ3) is 5.85. The number of amides is 2. The number of hydrogen-bond acceptors (Lipinski definition) is 6. The molecule has 2 saturated heterocycles. The fraction of sp³-hybridized carbons (Fsp3) is 0.593. The molecule has 10 heteroatoms. The topological polar surface area (TPSA) is 87.9 Å². The third-order valence-electron chi connectivity index (χ3n) is 7.92. The molecule has 0 bridgehead atoms. The Morgan fingerprint density at radius 3 is 2.62 bits per heavy atom. The predicted molar refractivity (Wildman–Crippen MR) is 132 cm³/mol. The standard InChI is InChI=1S/C27H34F2N4O4/c1-32(13-17-15-36-16-17)27(35)21-14-33(19-5-3-2-4-6-19)10-9-23(21)30-26(34)24-12-25(37-31-24)20-8-7-18(28)11-22(20)29/h7-8,11-12,17,19,21,23H,2-6,9-10,13-16H2,1H3,(H,30,34)/t21-,23-/m1/s1. The molecule has 8 nitrogen and oxygen atoms in total. The number of piperidine rings is 1. The van der Waals surface area contributed by atoms with E-state index >= 15 is 0 Å². The minimum Gasteiger partial charge on any atom is -0.381 e. The molecule has 5 rings (SSSR count). The molecule has 1 N–H and O–H groups in total. The van der Waals surface area contributed by atoms with Gasteiger partial charge in [-0.15, -0.1) is 0 Å². The fourth-order valence-corrected chi connectivity index (χ4v) is 5.77. The minimum absolute atomic E-state index is 0.0143. The van der Waals surface area contributed by atoms with E-state index in [1.165, 1.54) is 31.4 Å². The second kappa shape index (κ2) is 11.3. The quantitative estimate of drug-likeness (QED) is 0.607. The molecular weight excluding hydrogens is 482 g/mol. The van der Waals surface area contributed by atoms with Crippen LogP contribution >= 0.6 is 0 Å². The van der Waals surface area contributed by atoms with Crippen molar-refractivity contribution in [3.8, 4) is 11.3 Å². The molecule has 0 radical (unpaired) electrons. The van der Waals surface area contributed by atoms with Crippen molar-refractivity contribution in [3.05, 3.63) is 41.6 Å². The van der Waals surface area contributed by atoms with Crippen LogP contribution in [0.2, 0.25) is 0 Å². The lowest BCUT2D eigenvalue weighted by atomic mass is 9.86. The fourth-order valence-electron chi connectivity index (χ4n) is 5.77. The molecule has 37 heavy (non-hydrogen) atoms. The Labute approximate surface area is 215 Å². The number of carbonyl (C=O) groups is 2. The van der Waals surface area contributed by atoms with Gasteiger partial charge in [-0.25, -0.2) is 8.78 Å². The number of nitrogens with one attached hydrogen (secondary N) is 1. The first kappa shape index (κ1) is 25.8. The van der Waals surface area contributed by atoms with Crippen LogP contribution in [-0.2, 0) is 9.53 Å². The van der Waals surface area contributed by atoms with Gasteiger partial charge in [0.15, 0.2) is 11.5 Å². The molecule has 2 aromatic rings. The van der Waals surface area contributed by atoms with Gasteiger partial charge in [-0.05, 0) is 31.4 Å². The van der Waals surface area contributed by atoms with Crippen molar-refractivity contribution in [3.63, 3.8) is 0 Å². The normalized spacial score (nSPS) is 23.4. The Morgan fingerprint density at radius 1 is 1.14 bits per heavy atom. The molecule has 3 heterocycles. The van der Waals surface area contributed by atoms with Gasteiger partial charge < -0.3 is 19.5 Å². The van der Waals surface area contributed by atoms with E-state index in [9.17, 15) is 18.4 Å². The lowest BCUT2D eigenvalue weighted by Crippen LogP contribution is -2.58. The van der Waals surface area contributed by atoms with Crippen LogP contribution in [0.3, 0.4) is 0 Å². The molecule has 2 amide bonds. The molecule has 0 spiro atoms. The Balaban J connectivity index is 1.29. The molecule has 1 aliphatic carbocycles. The number of rotatable bonds is 7. The molecular formula is C27H34F2N4O4. The zero-order chi connectivity index (χ0) is 25.9. The van der Waals surface area contributed by atoms with Gasteiger partial charge in [0.1, 0.15) is 11.6 Å². The first-order chi connectivity index (χ1) is 17.9. The van der Waals surface area contributed by atoms with Gasteiger partial charge in [0.05, 0.1) is 24.7 Å². The van der Waals surface area contributed by atoms with Crippen molar-refractivity contribution in [2.24, 2.45) is 11.8 Å². The molecule has 1 aromatic heterocycles. The van der Waals surface area contributed by atoms with E-state index in [-0.39, 0.29) is 34.9 Å². The van der Waals surface area contributed by atoms with Crippen LogP contribution in [0.15, 0.2) is 28.8 Å². The second-order valence-electron chi connectivity index (χ2n) is 10.6. The lowest BCUT2D eigenvalue weighted by Gasteiger charge is -2.44. The summed E-state index contributed by atoms with van der Waals surface area (Å²) in [6, 6.07) is 4.56. The summed E-state index contributed by atoms with van der Waals surface area (Å²) >= 11 is 0. The first-order valence-electron chi connectivity index (χ1n) is 13.2. The summed E-state index contributed by atoms with van der Waals surface area (Å²) in [6.45, 7) is 3.38. The van der Waals surface area contributed by atoms with Gasteiger partial charge in [-0.2, -0.15) is 0 Å². The van der Waals surface area contributed by atoms with Gasteiger partial charge >= 0.3 is 0 Å². The maximum Gasteiger partial charge on any atom is 0.273 e. The van der Waals surface area contributed by atoms with Crippen LogP contribution in [0.25, 0.3) is 11.3 Å². The monoisotopic (exact) mass is 516 g/mol. The smallest absolute Gasteiger partial charge is 0.273 e. The summed E-state index contributed by atoms with van der Waals surface area (Å²) in [6.07, 6.45) is 6.63. The number of aromatic nitrogens is 1. The molecule has 3 aliphatic rings. The molecule has 2 atom stereocenters. The minimum atomic E-state index is -0.802. The van der Waals surface area contributed by atoms with Crippen LogP contribution in [-0.4, -0.2) is 78.8 Å². The number of halogens is 2. The van der Waals surface area contributed by atoms with Crippen LogP contribution in [0.4, 0.5) is 8.78 Å². The van der Waals surface area contributed by atoms with Crippen LogP contribution in [0.1, 0.15) is 49.0 Å². The average Bonchev–Trinajstić information content (AvgIpc) is 3.36. The van der Waals surface area contributed by atoms with Crippen molar-refractivity contribution in [1.82, 2.24) is 20.3 Å². The van der Waals surface area contributed by atoms with Crippen LogP contribution < -0.4 is 5.32 Å². The summed E-state index contributed by atoms with van der Waals surface area (Å²) in [5.41, 5.74) is 0.00278. The first-order valence-corrected chi connectivity index (χ1v) is 13.2. The molecule has 2 aliphatic heterocycles. The summed E-state index contributed by atoms with van der Waals surface area (Å²) in [5, 5.41) is 6.81. The Bertz CT molecular complexity index is 1120. The summed E-state index contributed by atoms with van der Waals surface area (Å²) in [7, 11) is 1.82. The van der Waals surface area contributed by atoms with E-state index < -0.39 is 17.5 Å². The molecule has 3 fully saturated rings. The summed E-state index contributed by atoms with van der Waals surface area (Å²) in [4.78, 5) is 30.9. The van der Waals surface area contributed by atoms with Crippen LogP contribution in [0, 0.1) is 23.5 Å².